The Morgan fingerprint density at radius 3 is 2.67 bits per heavy atom. The molecule has 80 valence electrons. The topological polar surface area (TPSA) is 26.3 Å². The molecule has 4 aliphatic rings. The van der Waals surface area contributed by atoms with Crippen LogP contribution >= 0.6 is 22.6 Å². The number of esters is 1. The zero-order chi connectivity index (χ0) is 10.3. The number of carbonyl (C=O) groups excluding carboxylic acids is 1. The van der Waals surface area contributed by atoms with Crippen LogP contribution in [0.15, 0.2) is 12.2 Å². The van der Waals surface area contributed by atoms with E-state index in [2.05, 4.69) is 34.7 Å². The van der Waals surface area contributed by atoms with Crippen molar-refractivity contribution in [3.63, 3.8) is 0 Å². The first kappa shape index (κ1) is 9.02. The fourth-order valence-corrected chi connectivity index (χ4v) is 5.71. The van der Waals surface area contributed by atoms with Gasteiger partial charge in [-0.3, -0.25) is 4.79 Å². The number of carbonyl (C=O) groups is 1. The van der Waals surface area contributed by atoms with Crippen LogP contribution in [-0.2, 0) is 9.53 Å². The number of fused-ring (bicyclic) bond motifs is 1. The molecule has 0 N–H and O–H groups in total. The van der Waals surface area contributed by atoms with Crippen LogP contribution in [0.25, 0.3) is 0 Å². The largest absolute Gasteiger partial charge is 0.461 e. The highest BCUT2D eigenvalue weighted by atomic mass is 127. The van der Waals surface area contributed by atoms with Gasteiger partial charge < -0.3 is 4.74 Å². The van der Waals surface area contributed by atoms with E-state index in [1.54, 1.807) is 0 Å². The smallest absolute Gasteiger partial charge is 0.310 e. The van der Waals surface area contributed by atoms with E-state index in [4.69, 9.17) is 4.74 Å². The maximum Gasteiger partial charge on any atom is 0.310 e. The summed E-state index contributed by atoms with van der Waals surface area (Å²) in [4.78, 5) is 11.9. The molecule has 1 spiro atoms. The van der Waals surface area contributed by atoms with Crippen LogP contribution < -0.4 is 0 Å². The number of alkyl halides is 1. The van der Waals surface area contributed by atoms with Crippen molar-refractivity contribution in [2.75, 3.05) is 0 Å². The van der Waals surface area contributed by atoms with Crippen molar-refractivity contribution < 1.29 is 9.53 Å². The van der Waals surface area contributed by atoms with Crippen LogP contribution in [0.1, 0.15) is 25.7 Å². The fraction of sp³-hybridized carbons (Fsp3) is 0.750. The van der Waals surface area contributed by atoms with Crippen LogP contribution in [0.5, 0.6) is 0 Å². The third kappa shape index (κ3) is 0.797. The predicted molar refractivity (Wildman–Crippen MR) is 63.7 cm³/mol. The lowest BCUT2D eigenvalue weighted by molar-refractivity contribution is -0.157. The molecule has 0 aromatic carbocycles. The Balaban J connectivity index is 1.87. The molecule has 0 aromatic heterocycles. The second-order valence-corrected chi connectivity index (χ2v) is 7.12. The molecular formula is C12H13IO2. The Bertz CT molecular complexity index is 391. The summed E-state index contributed by atoms with van der Waals surface area (Å²) in [7, 11) is 0. The van der Waals surface area contributed by atoms with Crippen molar-refractivity contribution in [2.24, 2.45) is 16.7 Å². The summed E-state index contributed by atoms with van der Waals surface area (Å²) in [5.74, 6) is 0.338. The maximum absolute atomic E-state index is 11.9. The van der Waals surface area contributed by atoms with Gasteiger partial charge in [0.05, 0.1) is 5.92 Å². The van der Waals surface area contributed by atoms with E-state index in [0.717, 1.165) is 19.3 Å². The quantitative estimate of drug-likeness (QED) is 0.297. The Morgan fingerprint density at radius 2 is 1.93 bits per heavy atom. The highest BCUT2D eigenvalue weighted by molar-refractivity contribution is 14.1. The van der Waals surface area contributed by atoms with Gasteiger partial charge in [-0.05, 0) is 36.5 Å². The molecule has 1 saturated heterocycles. The molecule has 1 aliphatic heterocycles. The van der Waals surface area contributed by atoms with Crippen molar-refractivity contribution in [2.45, 2.75) is 35.7 Å². The zero-order valence-corrected chi connectivity index (χ0v) is 10.6. The number of ether oxygens (including phenoxy) is 1. The van der Waals surface area contributed by atoms with Gasteiger partial charge in [0.25, 0.3) is 0 Å². The molecule has 3 aliphatic carbocycles. The lowest BCUT2D eigenvalue weighted by atomic mass is 9.72. The monoisotopic (exact) mass is 316 g/mol. The standard InChI is InChI=1S/C12H13IO2/c13-7-5-11-3-1-2-4-12(11)6-8(7)15-10(14)9(11)12/h1-2,7-9H,3-6H2/t7-,8+,9-,11+,12+/m1/s1. The van der Waals surface area contributed by atoms with Crippen molar-refractivity contribution >= 4 is 28.6 Å². The lowest BCUT2D eigenvalue weighted by Crippen LogP contribution is -2.40. The molecule has 2 saturated carbocycles. The molecule has 15 heavy (non-hydrogen) atoms. The Labute approximate surface area is 103 Å². The van der Waals surface area contributed by atoms with Crippen molar-refractivity contribution in [3.05, 3.63) is 12.2 Å². The summed E-state index contributed by atoms with van der Waals surface area (Å²) in [6.07, 6.45) is 9.31. The third-order valence-electron chi connectivity index (χ3n) is 5.18. The molecule has 3 fully saturated rings. The summed E-state index contributed by atoms with van der Waals surface area (Å²) in [5.41, 5.74) is 0.626. The van der Waals surface area contributed by atoms with Crippen LogP contribution in [0, 0.1) is 16.7 Å². The number of rotatable bonds is 0. The van der Waals surface area contributed by atoms with E-state index in [-0.39, 0.29) is 18.0 Å². The minimum absolute atomic E-state index is 0.106. The van der Waals surface area contributed by atoms with Crippen LogP contribution in [-0.4, -0.2) is 16.0 Å². The molecule has 0 unspecified atom stereocenters. The lowest BCUT2D eigenvalue weighted by Gasteiger charge is -2.39. The first-order valence-electron chi connectivity index (χ1n) is 5.69. The van der Waals surface area contributed by atoms with Crippen LogP contribution in [0.4, 0.5) is 0 Å². The average Bonchev–Trinajstić information content (AvgIpc) is 2.83. The van der Waals surface area contributed by atoms with E-state index in [1.807, 2.05) is 0 Å². The summed E-state index contributed by atoms with van der Waals surface area (Å²) in [5, 5.41) is 0. The number of halogens is 1. The van der Waals surface area contributed by atoms with Gasteiger partial charge >= 0.3 is 5.97 Å². The van der Waals surface area contributed by atoms with Gasteiger partial charge in [0, 0.05) is 3.92 Å². The summed E-state index contributed by atoms with van der Waals surface area (Å²) >= 11 is 2.48. The maximum atomic E-state index is 11.9. The first-order chi connectivity index (χ1) is 7.20. The molecule has 5 atom stereocenters. The molecule has 0 aromatic rings. The fourth-order valence-electron chi connectivity index (χ4n) is 4.53. The number of hydrogen-bond donors (Lipinski definition) is 0. The van der Waals surface area contributed by atoms with Crippen molar-refractivity contribution in [1.29, 1.82) is 0 Å². The SMILES string of the molecule is O=C1O[C@H]2C[C@]34CC=CC[C@]3(C[C@H]2I)[C@@H]14. The van der Waals surface area contributed by atoms with E-state index >= 15 is 0 Å². The predicted octanol–water partition coefficient (Wildman–Crippen LogP) is 2.46. The van der Waals surface area contributed by atoms with Crippen LogP contribution in [0.2, 0.25) is 0 Å². The molecule has 3 heteroatoms. The first-order valence-corrected chi connectivity index (χ1v) is 6.94. The van der Waals surface area contributed by atoms with Gasteiger partial charge in [-0.25, -0.2) is 0 Å². The van der Waals surface area contributed by atoms with Gasteiger partial charge in [-0.2, -0.15) is 0 Å². The molecule has 0 radical (unpaired) electrons. The van der Waals surface area contributed by atoms with Gasteiger partial charge in [0.2, 0.25) is 0 Å². The van der Waals surface area contributed by atoms with Crippen LogP contribution in [0.3, 0.4) is 0 Å². The second-order valence-electron chi connectivity index (χ2n) is 5.52. The summed E-state index contributed by atoms with van der Waals surface area (Å²) in [6, 6.07) is 0. The number of hydrogen-bond acceptors (Lipinski definition) is 2. The van der Waals surface area contributed by atoms with Gasteiger partial charge in [0.1, 0.15) is 6.10 Å². The van der Waals surface area contributed by atoms with Gasteiger partial charge in [0.15, 0.2) is 0 Å². The van der Waals surface area contributed by atoms with E-state index in [9.17, 15) is 4.79 Å². The van der Waals surface area contributed by atoms with E-state index in [0.29, 0.717) is 14.8 Å². The highest BCUT2D eigenvalue weighted by Crippen LogP contribution is 2.82. The minimum Gasteiger partial charge on any atom is -0.461 e. The summed E-state index contributed by atoms with van der Waals surface area (Å²) in [6.45, 7) is 0. The normalized spacial score (nSPS) is 59.5. The van der Waals surface area contributed by atoms with Crippen molar-refractivity contribution in [3.8, 4) is 0 Å². The Kier molecular flexibility index (Phi) is 1.47. The summed E-state index contributed by atoms with van der Waals surface area (Å²) < 4.78 is 6.09. The molecule has 2 bridgehead atoms. The Morgan fingerprint density at radius 1 is 1.27 bits per heavy atom. The van der Waals surface area contributed by atoms with E-state index < -0.39 is 0 Å². The van der Waals surface area contributed by atoms with Gasteiger partial charge in [-0.15, -0.1) is 0 Å². The molecule has 4 rings (SSSR count). The molecular weight excluding hydrogens is 303 g/mol. The Hall–Kier alpha value is -0.0600. The third-order valence-corrected chi connectivity index (χ3v) is 6.42. The molecule has 0 amide bonds. The molecule has 1 heterocycles. The van der Waals surface area contributed by atoms with E-state index in [1.165, 1.54) is 6.42 Å². The second kappa shape index (κ2) is 2.44. The minimum atomic E-state index is 0.106. The van der Waals surface area contributed by atoms with Gasteiger partial charge in [-0.1, -0.05) is 34.7 Å². The average molecular weight is 316 g/mol. The molecule has 2 nitrogen and oxygen atoms in total. The zero-order valence-electron chi connectivity index (χ0n) is 8.41. The highest BCUT2D eigenvalue weighted by Gasteiger charge is 2.83. The number of allylic oxidation sites excluding steroid dienone is 2. The van der Waals surface area contributed by atoms with Crippen molar-refractivity contribution in [1.82, 2.24) is 0 Å².